The summed E-state index contributed by atoms with van der Waals surface area (Å²) >= 11 is 0. The Kier molecular flexibility index (Phi) is 5.42. The Morgan fingerprint density at radius 2 is 1.54 bits per heavy atom. The van der Waals surface area contributed by atoms with E-state index >= 15 is 0 Å². The molecule has 0 unspecified atom stereocenters. The number of nitrogens with zero attached hydrogens (tertiary/aromatic N) is 1. The van der Waals surface area contributed by atoms with Crippen molar-refractivity contribution >= 4 is 17.4 Å². The molecule has 0 saturated heterocycles. The summed E-state index contributed by atoms with van der Waals surface area (Å²) in [5.41, 5.74) is 1.63. The highest BCUT2D eigenvalue weighted by Crippen LogP contribution is 2.16. The SMILES string of the molecule is CC(C)c1ccc(C(=O)OCC(=O)c2ccc([N+](=O)[O-])cc2)cc1. The van der Waals surface area contributed by atoms with Gasteiger partial charge in [0, 0.05) is 17.7 Å². The van der Waals surface area contributed by atoms with Gasteiger partial charge in [-0.15, -0.1) is 0 Å². The minimum absolute atomic E-state index is 0.103. The standard InChI is InChI=1S/C18H17NO5/c1-12(2)13-3-5-15(6-4-13)18(21)24-11-17(20)14-7-9-16(10-8-14)19(22)23/h3-10,12H,11H2,1-2H3. The number of rotatable bonds is 6. The number of non-ortho nitro benzene ring substituents is 1. The Hall–Kier alpha value is -3.02. The quantitative estimate of drug-likeness (QED) is 0.349. The number of hydrogen-bond donors (Lipinski definition) is 0. The van der Waals surface area contributed by atoms with Gasteiger partial charge < -0.3 is 4.74 Å². The summed E-state index contributed by atoms with van der Waals surface area (Å²) in [4.78, 5) is 33.9. The van der Waals surface area contributed by atoms with Crippen molar-refractivity contribution in [1.82, 2.24) is 0 Å². The second-order valence-corrected chi connectivity index (χ2v) is 5.58. The summed E-state index contributed by atoms with van der Waals surface area (Å²) in [6.45, 7) is 3.69. The molecule has 0 saturated carbocycles. The van der Waals surface area contributed by atoms with Crippen LogP contribution in [0.4, 0.5) is 5.69 Å². The van der Waals surface area contributed by atoms with E-state index in [0.717, 1.165) is 5.56 Å². The van der Waals surface area contributed by atoms with E-state index in [1.165, 1.54) is 24.3 Å². The molecular formula is C18H17NO5. The maximum absolute atomic E-state index is 12.0. The highest BCUT2D eigenvalue weighted by atomic mass is 16.6. The average Bonchev–Trinajstić information content (AvgIpc) is 2.59. The van der Waals surface area contributed by atoms with Gasteiger partial charge in [-0.25, -0.2) is 4.79 Å². The minimum atomic E-state index is -0.583. The third-order valence-corrected chi connectivity index (χ3v) is 3.55. The summed E-state index contributed by atoms with van der Waals surface area (Å²) in [6.07, 6.45) is 0. The van der Waals surface area contributed by atoms with Gasteiger partial charge in [0.25, 0.3) is 5.69 Å². The molecule has 0 heterocycles. The largest absolute Gasteiger partial charge is 0.454 e. The molecule has 124 valence electrons. The molecule has 0 aliphatic rings. The third-order valence-electron chi connectivity index (χ3n) is 3.55. The molecule has 0 radical (unpaired) electrons. The smallest absolute Gasteiger partial charge is 0.338 e. The Morgan fingerprint density at radius 1 is 1.00 bits per heavy atom. The number of hydrogen-bond acceptors (Lipinski definition) is 5. The summed E-state index contributed by atoms with van der Waals surface area (Å²) in [5, 5.41) is 10.6. The van der Waals surface area contributed by atoms with Crippen LogP contribution in [0.25, 0.3) is 0 Å². The molecule has 0 aliphatic carbocycles. The lowest BCUT2D eigenvalue weighted by Gasteiger charge is -2.07. The normalized spacial score (nSPS) is 10.5. The van der Waals surface area contributed by atoms with Gasteiger partial charge in [-0.2, -0.15) is 0 Å². The van der Waals surface area contributed by atoms with Crippen molar-refractivity contribution in [3.05, 3.63) is 75.3 Å². The van der Waals surface area contributed by atoms with Crippen LogP contribution in [0.5, 0.6) is 0 Å². The molecular weight excluding hydrogens is 310 g/mol. The number of carbonyl (C=O) groups excluding carboxylic acids is 2. The monoisotopic (exact) mass is 327 g/mol. The Morgan fingerprint density at radius 3 is 2.04 bits per heavy atom. The van der Waals surface area contributed by atoms with E-state index in [1.807, 2.05) is 12.1 Å². The van der Waals surface area contributed by atoms with Crippen LogP contribution in [0.1, 0.15) is 46.0 Å². The molecule has 6 nitrogen and oxygen atoms in total. The first-order chi connectivity index (χ1) is 11.4. The van der Waals surface area contributed by atoms with Crippen molar-refractivity contribution in [2.75, 3.05) is 6.61 Å². The molecule has 0 atom stereocenters. The lowest BCUT2D eigenvalue weighted by molar-refractivity contribution is -0.384. The zero-order valence-electron chi connectivity index (χ0n) is 13.4. The molecule has 0 spiro atoms. The zero-order chi connectivity index (χ0) is 17.7. The van der Waals surface area contributed by atoms with Crippen LogP contribution in [-0.4, -0.2) is 23.3 Å². The van der Waals surface area contributed by atoms with Gasteiger partial charge >= 0.3 is 5.97 Å². The number of ether oxygens (including phenoxy) is 1. The topological polar surface area (TPSA) is 86.5 Å². The highest BCUT2D eigenvalue weighted by molar-refractivity contribution is 5.99. The van der Waals surface area contributed by atoms with E-state index in [1.54, 1.807) is 12.1 Å². The fraction of sp³-hybridized carbons (Fsp3) is 0.222. The average molecular weight is 327 g/mol. The van der Waals surface area contributed by atoms with Crippen molar-refractivity contribution in [2.45, 2.75) is 19.8 Å². The van der Waals surface area contributed by atoms with Gasteiger partial charge in [0.1, 0.15) is 0 Å². The van der Waals surface area contributed by atoms with E-state index in [-0.39, 0.29) is 11.3 Å². The predicted molar refractivity (Wildman–Crippen MR) is 88.2 cm³/mol. The molecule has 2 aromatic carbocycles. The second-order valence-electron chi connectivity index (χ2n) is 5.58. The van der Waals surface area contributed by atoms with Gasteiger partial charge in [0.2, 0.25) is 0 Å². The molecule has 0 amide bonds. The lowest BCUT2D eigenvalue weighted by Crippen LogP contribution is -2.14. The van der Waals surface area contributed by atoms with Gasteiger partial charge in [0.15, 0.2) is 12.4 Å². The first kappa shape index (κ1) is 17.3. The fourth-order valence-electron chi connectivity index (χ4n) is 2.07. The molecule has 0 fully saturated rings. The minimum Gasteiger partial charge on any atom is -0.454 e. The number of benzene rings is 2. The third kappa shape index (κ3) is 4.25. The van der Waals surface area contributed by atoms with Crippen LogP contribution in [0, 0.1) is 10.1 Å². The van der Waals surface area contributed by atoms with Crippen LogP contribution >= 0.6 is 0 Å². The van der Waals surface area contributed by atoms with Crippen molar-refractivity contribution < 1.29 is 19.2 Å². The molecule has 24 heavy (non-hydrogen) atoms. The number of esters is 1. The zero-order valence-corrected chi connectivity index (χ0v) is 13.4. The lowest BCUT2D eigenvalue weighted by atomic mass is 10.0. The van der Waals surface area contributed by atoms with E-state index < -0.39 is 23.3 Å². The predicted octanol–water partition coefficient (Wildman–Crippen LogP) is 3.76. The van der Waals surface area contributed by atoms with E-state index in [9.17, 15) is 19.7 Å². The van der Waals surface area contributed by atoms with Crippen LogP contribution in [0.2, 0.25) is 0 Å². The maximum atomic E-state index is 12.0. The fourth-order valence-corrected chi connectivity index (χ4v) is 2.07. The summed E-state index contributed by atoms with van der Waals surface area (Å²) in [5.74, 6) is -0.642. The maximum Gasteiger partial charge on any atom is 0.338 e. The van der Waals surface area contributed by atoms with Crippen LogP contribution in [0.3, 0.4) is 0 Å². The molecule has 0 aromatic heterocycles. The first-order valence-electron chi connectivity index (χ1n) is 7.43. The number of nitro benzene ring substituents is 1. The summed E-state index contributed by atoms with van der Waals surface area (Å²) in [6, 6.07) is 12.2. The number of nitro groups is 1. The number of Topliss-reactive ketones (excluding diaryl/α,β-unsaturated/α-hetero) is 1. The summed E-state index contributed by atoms with van der Waals surface area (Å²) in [7, 11) is 0. The Labute approximate surface area is 139 Å². The molecule has 0 bridgehead atoms. The molecule has 0 N–H and O–H groups in total. The van der Waals surface area contributed by atoms with Gasteiger partial charge in [0.05, 0.1) is 10.5 Å². The van der Waals surface area contributed by atoms with E-state index in [2.05, 4.69) is 13.8 Å². The second kappa shape index (κ2) is 7.50. The number of ketones is 1. The van der Waals surface area contributed by atoms with Crippen molar-refractivity contribution in [3.63, 3.8) is 0 Å². The Bertz CT molecular complexity index is 748. The van der Waals surface area contributed by atoms with Gasteiger partial charge in [-0.3, -0.25) is 14.9 Å². The van der Waals surface area contributed by atoms with Crippen molar-refractivity contribution in [1.29, 1.82) is 0 Å². The molecule has 0 aliphatic heterocycles. The van der Waals surface area contributed by atoms with E-state index in [4.69, 9.17) is 4.74 Å². The van der Waals surface area contributed by atoms with Crippen molar-refractivity contribution in [2.24, 2.45) is 0 Å². The first-order valence-corrected chi connectivity index (χ1v) is 7.43. The Balaban J connectivity index is 1.95. The van der Waals surface area contributed by atoms with E-state index in [0.29, 0.717) is 11.5 Å². The highest BCUT2D eigenvalue weighted by Gasteiger charge is 2.13. The molecule has 2 rings (SSSR count). The van der Waals surface area contributed by atoms with Gasteiger partial charge in [-0.1, -0.05) is 26.0 Å². The number of carbonyl (C=O) groups is 2. The molecule has 2 aromatic rings. The van der Waals surface area contributed by atoms with Crippen LogP contribution in [0.15, 0.2) is 48.5 Å². The molecule has 6 heteroatoms. The van der Waals surface area contributed by atoms with Crippen LogP contribution in [-0.2, 0) is 4.74 Å². The van der Waals surface area contributed by atoms with Crippen molar-refractivity contribution in [3.8, 4) is 0 Å². The summed E-state index contributed by atoms with van der Waals surface area (Å²) < 4.78 is 5.00. The van der Waals surface area contributed by atoms with Gasteiger partial charge in [-0.05, 0) is 35.7 Å². The van der Waals surface area contributed by atoms with Crippen LogP contribution < -0.4 is 0 Å².